The third kappa shape index (κ3) is 2.27. The first kappa shape index (κ1) is 14.3. The molecule has 0 aliphatic carbocycles. The molecule has 0 heterocycles. The fourth-order valence-electron chi connectivity index (χ4n) is 2.92. The van der Waals surface area contributed by atoms with Crippen LogP contribution in [-0.4, -0.2) is 11.4 Å². The number of rotatable bonds is 3. The summed E-state index contributed by atoms with van der Waals surface area (Å²) in [4.78, 5) is 11.5. The molecule has 3 aromatic carbocycles. The maximum absolute atomic E-state index is 11.5. The van der Waals surface area contributed by atoms with Crippen molar-refractivity contribution >= 4 is 17.1 Å². The quantitative estimate of drug-likeness (QED) is 0.677. The van der Waals surface area contributed by atoms with Crippen molar-refractivity contribution in [3.05, 3.63) is 65.7 Å². The second-order valence-electron chi connectivity index (χ2n) is 5.77. The van der Waals surface area contributed by atoms with E-state index in [-0.39, 0.29) is 11.7 Å². The molecular weight excluding hydrogens is 272 g/mol. The Labute approximate surface area is 130 Å². The van der Waals surface area contributed by atoms with Crippen molar-refractivity contribution in [1.82, 2.24) is 0 Å². The Bertz CT molecular complexity index is 847. The highest BCUT2D eigenvalue weighted by Gasteiger charge is 2.16. The van der Waals surface area contributed by atoms with Gasteiger partial charge in [-0.2, -0.15) is 0 Å². The molecule has 0 bridgehead atoms. The molecule has 0 unspecified atom stereocenters. The van der Waals surface area contributed by atoms with Crippen LogP contribution in [0.2, 0.25) is 0 Å². The number of para-hydroxylation sites is 1. The van der Waals surface area contributed by atoms with Gasteiger partial charge in [0.25, 0.3) is 0 Å². The fourth-order valence-corrected chi connectivity index (χ4v) is 2.92. The van der Waals surface area contributed by atoms with Crippen LogP contribution >= 0.6 is 0 Å². The van der Waals surface area contributed by atoms with Gasteiger partial charge >= 0.3 is 0 Å². The van der Waals surface area contributed by atoms with E-state index < -0.39 is 0 Å². The van der Waals surface area contributed by atoms with Crippen LogP contribution in [0.15, 0.2) is 54.6 Å². The van der Waals surface area contributed by atoms with E-state index in [1.54, 1.807) is 0 Å². The third-order valence-corrected chi connectivity index (χ3v) is 4.05. The van der Waals surface area contributed by atoms with Gasteiger partial charge in [0.05, 0.1) is 0 Å². The molecule has 0 saturated heterocycles. The lowest BCUT2D eigenvalue weighted by molar-refractivity contribution is 0.112. The highest BCUT2D eigenvalue weighted by atomic mass is 16.3. The summed E-state index contributed by atoms with van der Waals surface area (Å²) >= 11 is 0. The Morgan fingerprint density at radius 1 is 0.955 bits per heavy atom. The maximum atomic E-state index is 11.5. The normalized spacial score (nSPS) is 11.0. The number of hydrogen-bond acceptors (Lipinski definition) is 2. The Kier molecular flexibility index (Phi) is 3.68. The molecule has 3 aromatic rings. The van der Waals surface area contributed by atoms with Gasteiger partial charge in [-0.25, -0.2) is 0 Å². The molecule has 110 valence electrons. The van der Waals surface area contributed by atoms with Crippen LogP contribution in [0.1, 0.15) is 35.7 Å². The smallest absolute Gasteiger partial charge is 0.150 e. The molecule has 0 atom stereocenters. The molecule has 0 spiro atoms. The Hall–Kier alpha value is -2.61. The summed E-state index contributed by atoms with van der Waals surface area (Å²) in [5.41, 5.74) is 3.00. The van der Waals surface area contributed by atoms with Gasteiger partial charge in [0.1, 0.15) is 5.75 Å². The third-order valence-electron chi connectivity index (χ3n) is 4.05. The molecule has 0 fully saturated rings. The number of benzene rings is 3. The average Bonchev–Trinajstić information content (AvgIpc) is 2.54. The molecule has 2 heteroatoms. The van der Waals surface area contributed by atoms with Crippen LogP contribution in [0.4, 0.5) is 0 Å². The van der Waals surface area contributed by atoms with Crippen LogP contribution in [-0.2, 0) is 0 Å². The van der Waals surface area contributed by atoms with E-state index in [2.05, 4.69) is 0 Å². The van der Waals surface area contributed by atoms with Crippen LogP contribution in [0.5, 0.6) is 5.75 Å². The summed E-state index contributed by atoms with van der Waals surface area (Å²) in [6, 6.07) is 17.4. The predicted molar refractivity (Wildman–Crippen MR) is 90.5 cm³/mol. The van der Waals surface area contributed by atoms with Crippen molar-refractivity contribution in [1.29, 1.82) is 0 Å². The van der Waals surface area contributed by atoms with Crippen molar-refractivity contribution < 1.29 is 9.90 Å². The van der Waals surface area contributed by atoms with Gasteiger partial charge in [-0.3, -0.25) is 4.79 Å². The number of fused-ring (bicyclic) bond motifs is 1. The van der Waals surface area contributed by atoms with E-state index in [0.717, 1.165) is 28.2 Å². The zero-order chi connectivity index (χ0) is 15.7. The number of phenols is 1. The number of aromatic hydroxyl groups is 1. The van der Waals surface area contributed by atoms with Crippen LogP contribution in [0.3, 0.4) is 0 Å². The summed E-state index contributed by atoms with van der Waals surface area (Å²) in [7, 11) is 0. The van der Waals surface area contributed by atoms with Crippen molar-refractivity contribution in [2.75, 3.05) is 0 Å². The van der Waals surface area contributed by atoms with E-state index in [1.165, 1.54) is 0 Å². The number of hydrogen-bond donors (Lipinski definition) is 1. The van der Waals surface area contributed by atoms with E-state index in [0.29, 0.717) is 11.1 Å². The van der Waals surface area contributed by atoms with E-state index >= 15 is 0 Å². The summed E-state index contributed by atoms with van der Waals surface area (Å²) < 4.78 is 0. The molecule has 0 aliphatic heterocycles. The van der Waals surface area contributed by atoms with E-state index in [1.807, 2.05) is 68.4 Å². The van der Waals surface area contributed by atoms with Crippen LogP contribution in [0.25, 0.3) is 21.9 Å². The topological polar surface area (TPSA) is 37.3 Å². The largest absolute Gasteiger partial charge is 0.507 e. The van der Waals surface area contributed by atoms with Crippen LogP contribution in [0, 0.1) is 0 Å². The molecule has 0 radical (unpaired) electrons. The first-order chi connectivity index (χ1) is 10.6. The molecular formula is C20H18O2. The van der Waals surface area contributed by atoms with E-state index in [9.17, 15) is 9.90 Å². The summed E-state index contributed by atoms with van der Waals surface area (Å²) in [5, 5.41) is 12.7. The number of phenolic OH excluding ortho intramolecular Hbond substituents is 1. The van der Waals surface area contributed by atoms with Gasteiger partial charge in [0.15, 0.2) is 6.29 Å². The minimum absolute atomic E-state index is 0.217. The van der Waals surface area contributed by atoms with Crippen molar-refractivity contribution in [2.45, 2.75) is 19.8 Å². The second-order valence-corrected chi connectivity index (χ2v) is 5.77. The SMILES string of the molecule is CC(C)c1cccc(-c2c(C=O)ccc3ccccc23)c1O. The molecule has 0 amide bonds. The van der Waals surface area contributed by atoms with Crippen molar-refractivity contribution in [2.24, 2.45) is 0 Å². The number of carbonyl (C=O) groups is 1. The minimum atomic E-state index is 0.217. The average molecular weight is 290 g/mol. The lowest BCUT2D eigenvalue weighted by Crippen LogP contribution is -1.94. The summed E-state index contributed by atoms with van der Waals surface area (Å²) in [6.45, 7) is 4.09. The highest BCUT2D eigenvalue weighted by molar-refractivity contribution is 6.05. The lowest BCUT2D eigenvalue weighted by Gasteiger charge is -2.15. The number of aldehydes is 1. The second kappa shape index (κ2) is 5.64. The van der Waals surface area contributed by atoms with Gasteiger partial charge in [-0.05, 0) is 22.3 Å². The fraction of sp³-hybridized carbons (Fsp3) is 0.150. The van der Waals surface area contributed by atoms with Crippen molar-refractivity contribution in [3.63, 3.8) is 0 Å². The Morgan fingerprint density at radius 2 is 1.73 bits per heavy atom. The first-order valence-corrected chi connectivity index (χ1v) is 7.42. The molecule has 22 heavy (non-hydrogen) atoms. The van der Waals surface area contributed by atoms with Crippen LogP contribution < -0.4 is 0 Å². The standard InChI is InChI=1S/C20H18O2/c1-13(2)16-8-5-9-18(20(16)22)19-15(12-21)11-10-14-6-3-4-7-17(14)19/h3-13,22H,1-2H3. The maximum Gasteiger partial charge on any atom is 0.150 e. The van der Waals surface area contributed by atoms with Crippen molar-refractivity contribution in [3.8, 4) is 16.9 Å². The minimum Gasteiger partial charge on any atom is -0.507 e. The first-order valence-electron chi connectivity index (χ1n) is 7.42. The molecule has 0 aromatic heterocycles. The van der Waals surface area contributed by atoms with Gasteiger partial charge in [-0.1, -0.05) is 68.4 Å². The molecule has 1 N–H and O–H groups in total. The molecule has 2 nitrogen and oxygen atoms in total. The summed E-state index contributed by atoms with van der Waals surface area (Å²) in [6.07, 6.45) is 0.850. The zero-order valence-electron chi connectivity index (χ0n) is 12.7. The molecule has 0 aliphatic rings. The highest BCUT2D eigenvalue weighted by Crippen LogP contribution is 2.40. The van der Waals surface area contributed by atoms with Gasteiger partial charge in [-0.15, -0.1) is 0 Å². The number of carbonyl (C=O) groups excluding carboxylic acids is 1. The van der Waals surface area contributed by atoms with Gasteiger partial charge in [0.2, 0.25) is 0 Å². The molecule has 0 saturated carbocycles. The zero-order valence-corrected chi connectivity index (χ0v) is 12.7. The lowest BCUT2D eigenvalue weighted by atomic mass is 9.90. The molecule has 3 rings (SSSR count). The Balaban J connectivity index is 2.39. The summed E-state index contributed by atoms with van der Waals surface area (Å²) in [5.74, 6) is 0.478. The predicted octanol–water partition coefficient (Wildman–Crippen LogP) is 5.15. The van der Waals surface area contributed by atoms with Gasteiger partial charge in [0, 0.05) is 16.7 Å². The Morgan fingerprint density at radius 3 is 2.45 bits per heavy atom. The monoisotopic (exact) mass is 290 g/mol. The van der Waals surface area contributed by atoms with E-state index in [4.69, 9.17) is 0 Å². The van der Waals surface area contributed by atoms with Gasteiger partial charge < -0.3 is 5.11 Å².